The van der Waals surface area contributed by atoms with Crippen molar-refractivity contribution in [2.45, 2.75) is 6.54 Å². The zero-order valence-corrected chi connectivity index (χ0v) is 7.67. The quantitative estimate of drug-likeness (QED) is 0.750. The summed E-state index contributed by atoms with van der Waals surface area (Å²) in [4.78, 5) is 4.06. The Morgan fingerprint density at radius 3 is 3.08 bits per heavy atom. The highest BCUT2D eigenvalue weighted by Gasteiger charge is 2.01. The third-order valence-corrected chi connectivity index (χ3v) is 2.19. The summed E-state index contributed by atoms with van der Waals surface area (Å²) < 4.78 is 0. The predicted octanol–water partition coefficient (Wildman–Crippen LogP) is 2.15. The van der Waals surface area contributed by atoms with Crippen molar-refractivity contribution in [2.24, 2.45) is 5.73 Å². The Kier molecular flexibility index (Phi) is 2.17. The van der Waals surface area contributed by atoms with Crippen LogP contribution in [0.3, 0.4) is 0 Å². The lowest BCUT2D eigenvalue weighted by Crippen LogP contribution is -1.96. The molecule has 3 heteroatoms. The smallest absolute Gasteiger partial charge is 0.0896 e. The van der Waals surface area contributed by atoms with Crippen molar-refractivity contribution in [1.29, 1.82) is 0 Å². The van der Waals surface area contributed by atoms with Gasteiger partial charge in [0.05, 0.1) is 16.7 Å². The van der Waals surface area contributed by atoms with Crippen LogP contribution >= 0.6 is 11.6 Å². The van der Waals surface area contributed by atoms with Crippen molar-refractivity contribution < 1.29 is 0 Å². The van der Waals surface area contributed by atoms with Crippen LogP contribution in [0.2, 0.25) is 5.02 Å². The average molecular weight is 192 g/mol. The molecular formula is C10H8ClN2. The second-order valence-electron chi connectivity index (χ2n) is 2.79. The normalized spacial score (nSPS) is 10.6. The van der Waals surface area contributed by atoms with Gasteiger partial charge in [-0.3, -0.25) is 0 Å². The van der Waals surface area contributed by atoms with Gasteiger partial charge in [-0.05, 0) is 23.8 Å². The van der Waals surface area contributed by atoms with Crippen LogP contribution < -0.4 is 5.73 Å². The molecule has 0 saturated carbocycles. The Labute approximate surface area is 81.3 Å². The number of aromatic nitrogens is 1. The van der Waals surface area contributed by atoms with E-state index in [4.69, 9.17) is 17.3 Å². The lowest BCUT2D eigenvalue weighted by Gasteiger charge is -2.02. The van der Waals surface area contributed by atoms with Gasteiger partial charge in [0, 0.05) is 11.9 Å². The SMILES string of the molecule is NCc1cc(Cl)c2n[c]ccc2c1. The molecule has 0 spiro atoms. The average Bonchev–Trinajstić information content (AvgIpc) is 2.18. The number of nitrogens with two attached hydrogens (primary N) is 1. The fourth-order valence-electron chi connectivity index (χ4n) is 1.27. The van der Waals surface area contributed by atoms with E-state index < -0.39 is 0 Å². The van der Waals surface area contributed by atoms with E-state index >= 15 is 0 Å². The predicted molar refractivity (Wildman–Crippen MR) is 53.5 cm³/mol. The van der Waals surface area contributed by atoms with E-state index in [0.29, 0.717) is 11.6 Å². The summed E-state index contributed by atoms with van der Waals surface area (Å²) in [5.74, 6) is 0. The van der Waals surface area contributed by atoms with Gasteiger partial charge in [0.1, 0.15) is 0 Å². The maximum atomic E-state index is 6.00. The Balaban J connectivity index is 2.77. The summed E-state index contributed by atoms with van der Waals surface area (Å²) in [5.41, 5.74) is 7.32. The first kappa shape index (κ1) is 8.48. The number of pyridine rings is 1. The minimum Gasteiger partial charge on any atom is -0.326 e. The largest absolute Gasteiger partial charge is 0.326 e. The molecule has 1 heterocycles. The number of halogens is 1. The van der Waals surface area contributed by atoms with Crippen molar-refractivity contribution in [3.05, 3.63) is 41.0 Å². The second-order valence-corrected chi connectivity index (χ2v) is 3.20. The lowest BCUT2D eigenvalue weighted by molar-refractivity contribution is 1.07. The van der Waals surface area contributed by atoms with Crippen LogP contribution in [0.1, 0.15) is 5.56 Å². The first-order valence-electron chi connectivity index (χ1n) is 3.96. The van der Waals surface area contributed by atoms with Gasteiger partial charge in [-0.15, -0.1) is 0 Å². The molecule has 0 saturated heterocycles. The van der Waals surface area contributed by atoms with Gasteiger partial charge in [0.2, 0.25) is 0 Å². The van der Waals surface area contributed by atoms with E-state index in [1.807, 2.05) is 18.2 Å². The van der Waals surface area contributed by atoms with Gasteiger partial charge in [0.25, 0.3) is 0 Å². The van der Waals surface area contributed by atoms with E-state index in [1.165, 1.54) is 0 Å². The molecule has 0 aliphatic rings. The third-order valence-electron chi connectivity index (χ3n) is 1.90. The molecule has 0 unspecified atom stereocenters. The molecule has 1 aromatic carbocycles. The molecule has 0 aliphatic carbocycles. The molecule has 2 aromatic rings. The number of fused-ring (bicyclic) bond motifs is 1. The number of hydrogen-bond donors (Lipinski definition) is 1. The van der Waals surface area contributed by atoms with E-state index in [9.17, 15) is 0 Å². The highest BCUT2D eigenvalue weighted by molar-refractivity contribution is 6.35. The number of benzene rings is 1. The standard InChI is InChI=1S/C10H8ClN2/c11-9-5-7(6-12)4-8-2-1-3-13-10(8)9/h1-2,4-5H,6,12H2. The van der Waals surface area contributed by atoms with Crippen molar-refractivity contribution in [3.8, 4) is 0 Å². The third kappa shape index (κ3) is 1.50. The summed E-state index contributed by atoms with van der Waals surface area (Å²) >= 11 is 6.00. The molecule has 2 nitrogen and oxygen atoms in total. The summed E-state index contributed by atoms with van der Waals surface area (Å²) in [6.45, 7) is 0.494. The topological polar surface area (TPSA) is 38.9 Å². The van der Waals surface area contributed by atoms with E-state index in [-0.39, 0.29) is 0 Å². The fraction of sp³-hybridized carbons (Fsp3) is 0.100. The highest BCUT2D eigenvalue weighted by Crippen LogP contribution is 2.22. The summed E-state index contributed by atoms with van der Waals surface area (Å²) in [7, 11) is 0. The molecule has 65 valence electrons. The molecule has 1 aromatic heterocycles. The summed E-state index contributed by atoms with van der Waals surface area (Å²) in [6, 6.07) is 7.51. The van der Waals surface area contributed by atoms with Crippen LogP contribution in [0, 0.1) is 6.20 Å². The van der Waals surface area contributed by atoms with Crippen LogP contribution in [0.15, 0.2) is 24.3 Å². The maximum absolute atomic E-state index is 6.00. The van der Waals surface area contributed by atoms with Gasteiger partial charge in [0.15, 0.2) is 0 Å². The Bertz CT molecular complexity index is 440. The van der Waals surface area contributed by atoms with Crippen molar-refractivity contribution in [1.82, 2.24) is 4.98 Å². The summed E-state index contributed by atoms with van der Waals surface area (Å²) in [6.07, 6.45) is 2.75. The zero-order chi connectivity index (χ0) is 9.26. The number of rotatable bonds is 1. The van der Waals surface area contributed by atoms with Crippen molar-refractivity contribution >= 4 is 22.5 Å². The molecule has 2 rings (SSSR count). The lowest BCUT2D eigenvalue weighted by atomic mass is 10.1. The number of nitrogens with zero attached hydrogens (tertiary/aromatic N) is 1. The van der Waals surface area contributed by atoms with E-state index in [1.54, 1.807) is 6.07 Å². The minimum absolute atomic E-state index is 0.494. The van der Waals surface area contributed by atoms with Crippen LogP contribution in [-0.4, -0.2) is 4.98 Å². The van der Waals surface area contributed by atoms with E-state index in [0.717, 1.165) is 16.5 Å². The maximum Gasteiger partial charge on any atom is 0.0896 e. The van der Waals surface area contributed by atoms with Gasteiger partial charge >= 0.3 is 0 Å². The first-order valence-corrected chi connectivity index (χ1v) is 4.34. The molecule has 0 amide bonds. The first-order chi connectivity index (χ1) is 6.31. The Morgan fingerprint density at radius 2 is 2.31 bits per heavy atom. The van der Waals surface area contributed by atoms with Crippen molar-refractivity contribution in [3.63, 3.8) is 0 Å². The summed E-state index contributed by atoms with van der Waals surface area (Å²) in [5, 5.41) is 1.64. The van der Waals surface area contributed by atoms with E-state index in [2.05, 4.69) is 11.2 Å². The monoisotopic (exact) mass is 191 g/mol. The molecule has 2 N–H and O–H groups in total. The minimum atomic E-state index is 0.494. The molecule has 1 radical (unpaired) electrons. The van der Waals surface area contributed by atoms with Crippen molar-refractivity contribution in [2.75, 3.05) is 0 Å². The number of hydrogen-bond acceptors (Lipinski definition) is 2. The van der Waals surface area contributed by atoms with Gasteiger partial charge in [-0.25, -0.2) is 4.98 Å². The molecule has 13 heavy (non-hydrogen) atoms. The van der Waals surface area contributed by atoms with Gasteiger partial charge in [-0.2, -0.15) is 0 Å². The molecule has 0 fully saturated rings. The second kappa shape index (κ2) is 3.32. The molecule has 0 aliphatic heterocycles. The Morgan fingerprint density at radius 1 is 1.46 bits per heavy atom. The molecule has 0 atom stereocenters. The van der Waals surface area contributed by atoms with Crippen LogP contribution in [0.25, 0.3) is 10.9 Å². The fourth-order valence-corrected chi connectivity index (χ4v) is 1.56. The van der Waals surface area contributed by atoms with Gasteiger partial charge in [-0.1, -0.05) is 17.7 Å². The van der Waals surface area contributed by atoms with Gasteiger partial charge < -0.3 is 5.73 Å². The van der Waals surface area contributed by atoms with Crippen LogP contribution in [0.4, 0.5) is 0 Å². The highest BCUT2D eigenvalue weighted by atomic mass is 35.5. The van der Waals surface area contributed by atoms with Crippen LogP contribution in [0.5, 0.6) is 0 Å². The zero-order valence-electron chi connectivity index (χ0n) is 6.92. The molecular weight excluding hydrogens is 184 g/mol. The van der Waals surface area contributed by atoms with Crippen LogP contribution in [-0.2, 0) is 6.54 Å². The Hall–Kier alpha value is -1.12. The molecule has 0 bridgehead atoms.